The zero-order chi connectivity index (χ0) is 10.1. The third-order valence-electron chi connectivity index (χ3n) is 1.97. The number of halogens is 1. The van der Waals surface area contributed by atoms with E-state index in [9.17, 15) is 0 Å². The second-order valence-corrected chi connectivity index (χ2v) is 3.80. The topological polar surface area (TPSA) is 56.7 Å². The van der Waals surface area contributed by atoms with Gasteiger partial charge in [-0.2, -0.15) is 5.10 Å². The van der Waals surface area contributed by atoms with Gasteiger partial charge in [0.15, 0.2) is 5.82 Å². The zero-order valence-electron chi connectivity index (χ0n) is 7.61. The van der Waals surface area contributed by atoms with Gasteiger partial charge in [-0.3, -0.25) is 0 Å². The summed E-state index contributed by atoms with van der Waals surface area (Å²) in [5.41, 5.74) is 7.40. The minimum atomic E-state index is 0.718. The molecule has 72 valence electrons. The fraction of sp³-hybridized carbons (Fsp3) is 0.111. The second kappa shape index (κ2) is 3.42. The zero-order valence-corrected chi connectivity index (χ0v) is 9.19. The van der Waals surface area contributed by atoms with E-state index in [0.29, 0.717) is 0 Å². The average molecular weight is 253 g/mol. The molecule has 2 N–H and O–H groups in total. The first-order valence-corrected chi connectivity index (χ1v) is 4.87. The van der Waals surface area contributed by atoms with Gasteiger partial charge in [0, 0.05) is 22.8 Å². The van der Waals surface area contributed by atoms with Crippen LogP contribution in [0.3, 0.4) is 0 Å². The highest BCUT2D eigenvalue weighted by Crippen LogP contribution is 2.25. The Morgan fingerprint density at radius 1 is 1.43 bits per heavy atom. The Labute approximate surface area is 89.9 Å². The molecule has 1 aromatic heterocycles. The Balaban J connectivity index is 2.53. The van der Waals surface area contributed by atoms with Crippen LogP contribution in [-0.2, 0) is 7.05 Å². The standard InChI is InChI=1S/C9H9BrN4/c1-14-9(12-5-13-14)6-2-3-8(11)7(10)4-6/h2-5H,11H2,1H3. The maximum absolute atomic E-state index is 5.69. The Kier molecular flexibility index (Phi) is 2.25. The van der Waals surface area contributed by atoms with Crippen molar-refractivity contribution in [1.29, 1.82) is 0 Å². The number of hydrogen-bond acceptors (Lipinski definition) is 3. The monoisotopic (exact) mass is 252 g/mol. The number of nitrogen functional groups attached to an aromatic ring is 1. The summed E-state index contributed by atoms with van der Waals surface area (Å²) < 4.78 is 2.59. The van der Waals surface area contributed by atoms with E-state index >= 15 is 0 Å². The molecule has 2 aromatic rings. The molecule has 5 heteroatoms. The Hall–Kier alpha value is -1.36. The fourth-order valence-electron chi connectivity index (χ4n) is 1.22. The van der Waals surface area contributed by atoms with Crippen LogP contribution in [0.15, 0.2) is 29.0 Å². The van der Waals surface area contributed by atoms with E-state index in [1.165, 1.54) is 6.33 Å². The molecule has 4 nitrogen and oxygen atoms in total. The van der Waals surface area contributed by atoms with E-state index in [1.54, 1.807) is 4.68 Å². The van der Waals surface area contributed by atoms with Gasteiger partial charge in [-0.25, -0.2) is 9.67 Å². The van der Waals surface area contributed by atoms with Gasteiger partial charge >= 0.3 is 0 Å². The molecule has 0 aliphatic rings. The van der Waals surface area contributed by atoms with Crippen molar-refractivity contribution in [2.75, 3.05) is 5.73 Å². The van der Waals surface area contributed by atoms with E-state index in [1.807, 2.05) is 25.2 Å². The van der Waals surface area contributed by atoms with Crippen molar-refractivity contribution < 1.29 is 0 Å². The number of hydrogen-bond donors (Lipinski definition) is 1. The maximum atomic E-state index is 5.69. The van der Waals surface area contributed by atoms with Crippen molar-refractivity contribution in [1.82, 2.24) is 14.8 Å². The summed E-state index contributed by atoms with van der Waals surface area (Å²) in [5, 5.41) is 4.00. The van der Waals surface area contributed by atoms with Crippen LogP contribution in [0.2, 0.25) is 0 Å². The molecule has 1 aromatic carbocycles. The lowest BCUT2D eigenvalue weighted by molar-refractivity contribution is 0.774. The van der Waals surface area contributed by atoms with Gasteiger partial charge in [0.1, 0.15) is 6.33 Å². The molecule has 0 fully saturated rings. The first-order valence-electron chi connectivity index (χ1n) is 4.08. The molecule has 0 spiro atoms. The highest BCUT2D eigenvalue weighted by Gasteiger charge is 2.05. The highest BCUT2D eigenvalue weighted by atomic mass is 79.9. The molecule has 1 heterocycles. The van der Waals surface area contributed by atoms with Crippen LogP contribution in [0.1, 0.15) is 0 Å². The number of nitrogens with two attached hydrogens (primary N) is 1. The van der Waals surface area contributed by atoms with Gasteiger partial charge in [0.05, 0.1) is 0 Å². The molecule has 14 heavy (non-hydrogen) atoms. The maximum Gasteiger partial charge on any atom is 0.157 e. The lowest BCUT2D eigenvalue weighted by Crippen LogP contribution is -1.95. The fourth-order valence-corrected chi connectivity index (χ4v) is 1.60. The number of aryl methyl sites for hydroxylation is 1. The van der Waals surface area contributed by atoms with Crippen LogP contribution in [0.4, 0.5) is 5.69 Å². The molecule has 0 saturated carbocycles. The molecular formula is C9H9BrN4. The predicted octanol–water partition coefficient (Wildman–Crippen LogP) is 1.83. The van der Waals surface area contributed by atoms with Crippen LogP contribution in [-0.4, -0.2) is 14.8 Å². The number of anilines is 1. The smallest absolute Gasteiger partial charge is 0.157 e. The number of aromatic nitrogens is 3. The van der Waals surface area contributed by atoms with Gasteiger partial charge < -0.3 is 5.73 Å². The number of rotatable bonds is 1. The van der Waals surface area contributed by atoms with Crippen molar-refractivity contribution in [3.8, 4) is 11.4 Å². The van der Waals surface area contributed by atoms with Gasteiger partial charge in [-0.05, 0) is 34.1 Å². The summed E-state index contributed by atoms with van der Waals surface area (Å²) in [6, 6.07) is 5.69. The summed E-state index contributed by atoms with van der Waals surface area (Å²) in [7, 11) is 1.85. The van der Waals surface area contributed by atoms with Gasteiger partial charge in [0.25, 0.3) is 0 Å². The number of benzene rings is 1. The molecule has 0 amide bonds. The van der Waals surface area contributed by atoms with Gasteiger partial charge in [-0.1, -0.05) is 0 Å². The minimum Gasteiger partial charge on any atom is -0.398 e. The van der Waals surface area contributed by atoms with Crippen molar-refractivity contribution in [3.05, 3.63) is 29.0 Å². The molecule has 0 atom stereocenters. The quantitative estimate of drug-likeness (QED) is 0.789. The molecule has 0 aliphatic carbocycles. The third-order valence-corrected chi connectivity index (χ3v) is 2.66. The first-order chi connectivity index (χ1) is 6.68. The lowest BCUT2D eigenvalue weighted by Gasteiger charge is -2.02. The van der Waals surface area contributed by atoms with E-state index in [2.05, 4.69) is 26.0 Å². The molecule has 2 rings (SSSR count). The van der Waals surface area contributed by atoms with Gasteiger partial charge in [0.2, 0.25) is 0 Å². The normalized spacial score (nSPS) is 10.4. The second-order valence-electron chi connectivity index (χ2n) is 2.94. The molecule has 0 bridgehead atoms. The third kappa shape index (κ3) is 1.50. The van der Waals surface area contributed by atoms with Crippen molar-refractivity contribution in [2.45, 2.75) is 0 Å². The largest absolute Gasteiger partial charge is 0.398 e. The van der Waals surface area contributed by atoms with Crippen molar-refractivity contribution >= 4 is 21.6 Å². The summed E-state index contributed by atoms with van der Waals surface area (Å²) >= 11 is 3.37. The van der Waals surface area contributed by atoms with Crippen LogP contribution in [0, 0.1) is 0 Å². The molecule has 0 unspecified atom stereocenters. The average Bonchev–Trinajstić information content (AvgIpc) is 2.57. The number of nitrogens with zero attached hydrogens (tertiary/aromatic N) is 3. The summed E-state index contributed by atoms with van der Waals surface area (Å²) in [5.74, 6) is 0.825. The minimum absolute atomic E-state index is 0.718. The lowest BCUT2D eigenvalue weighted by atomic mass is 10.2. The van der Waals surface area contributed by atoms with Crippen LogP contribution >= 0.6 is 15.9 Å². The predicted molar refractivity (Wildman–Crippen MR) is 58.6 cm³/mol. The van der Waals surface area contributed by atoms with E-state index in [4.69, 9.17) is 5.73 Å². The Morgan fingerprint density at radius 2 is 2.21 bits per heavy atom. The summed E-state index contributed by atoms with van der Waals surface area (Å²) in [4.78, 5) is 4.15. The Morgan fingerprint density at radius 3 is 2.79 bits per heavy atom. The van der Waals surface area contributed by atoms with Crippen LogP contribution < -0.4 is 5.73 Å². The summed E-state index contributed by atoms with van der Waals surface area (Å²) in [6.07, 6.45) is 1.53. The molecular weight excluding hydrogens is 244 g/mol. The van der Waals surface area contributed by atoms with Crippen LogP contribution in [0.25, 0.3) is 11.4 Å². The van der Waals surface area contributed by atoms with Gasteiger partial charge in [-0.15, -0.1) is 0 Å². The first kappa shape index (κ1) is 9.21. The van der Waals surface area contributed by atoms with Crippen LogP contribution in [0.5, 0.6) is 0 Å². The Bertz CT molecular complexity index is 464. The molecule has 0 radical (unpaired) electrons. The van der Waals surface area contributed by atoms with E-state index in [0.717, 1.165) is 21.5 Å². The molecule has 0 aliphatic heterocycles. The van der Waals surface area contributed by atoms with E-state index < -0.39 is 0 Å². The summed E-state index contributed by atoms with van der Waals surface area (Å²) in [6.45, 7) is 0. The van der Waals surface area contributed by atoms with E-state index in [-0.39, 0.29) is 0 Å². The van der Waals surface area contributed by atoms with Crippen molar-refractivity contribution in [3.63, 3.8) is 0 Å². The van der Waals surface area contributed by atoms with Crippen molar-refractivity contribution in [2.24, 2.45) is 7.05 Å². The SMILES string of the molecule is Cn1ncnc1-c1ccc(N)c(Br)c1. The highest BCUT2D eigenvalue weighted by molar-refractivity contribution is 9.10. The molecule has 0 saturated heterocycles.